The zero-order valence-corrected chi connectivity index (χ0v) is 15.8. The first-order chi connectivity index (χ1) is 10.4. The summed E-state index contributed by atoms with van der Waals surface area (Å²) < 4.78 is 4.70. The van der Waals surface area contributed by atoms with Crippen molar-refractivity contribution in [3.8, 4) is 0 Å². The van der Waals surface area contributed by atoms with E-state index in [2.05, 4.69) is 27.7 Å². The van der Waals surface area contributed by atoms with Crippen LogP contribution in [0.1, 0.15) is 86.0 Å². The van der Waals surface area contributed by atoms with Gasteiger partial charge in [0, 0.05) is 5.57 Å². The normalized spacial score (nSPS) is 15.0. The maximum Gasteiger partial charge on any atom is 0.333 e. The minimum Gasteiger partial charge on any atom is -0.466 e. The lowest BCUT2D eigenvalue weighted by Crippen LogP contribution is -2.02. The molecule has 130 valence electrons. The van der Waals surface area contributed by atoms with E-state index in [9.17, 15) is 4.79 Å². The molecule has 0 N–H and O–H groups in total. The van der Waals surface area contributed by atoms with Crippen molar-refractivity contribution >= 4 is 5.97 Å². The third-order valence-corrected chi connectivity index (χ3v) is 4.49. The molecule has 0 bridgehead atoms. The van der Waals surface area contributed by atoms with Gasteiger partial charge >= 0.3 is 5.97 Å². The van der Waals surface area contributed by atoms with Crippen LogP contribution >= 0.6 is 0 Å². The van der Waals surface area contributed by atoms with E-state index in [-0.39, 0.29) is 5.97 Å². The Bertz CT molecular complexity index is 318. The van der Waals surface area contributed by atoms with Crippen molar-refractivity contribution in [1.82, 2.24) is 0 Å². The summed E-state index contributed by atoms with van der Waals surface area (Å²) in [6.45, 7) is 11.2. The second-order valence-corrected chi connectivity index (χ2v) is 7.42. The predicted octanol–water partition coefficient (Wildman–Crippen LogP) is 6.15. The molecule has 0 fully saturated rings. The second kappa shape index (κ2) is 12.7. The Labute approximate surface area is 138 Å². The Morgan fingerprint density at radius 3 is 1.91 bits per heavy atom. The number of hydrogen-bond acceptors (Lipinski definition) is 2. The van der Waals surface area contributed by atoms with Gasteiger partial charge in [0.15, 0.2) is 0 Å². The van der Waals surface area contributed by atoms with Crippen LogP contribution in [0.2, 0.25) is 0 Å². The Balaban J connectivity index is 3.68. The minimum absolute atomic E-state index is 0.206. The van der Waals surface area contributed by atoms with Crippen molar-refractivity contribution in [1.29, 1.82) is 0 Å². The molecule has 2 unspecified atom stereocenters. The Morgan fingerprint density at radius 2 is 1.41 bits per heavy atom. The molecule has 0 aliphatic rings. The first-order valence-electron chi connectivity index (χ1n) is 9.11. The second-order valence-electron chi connectivity index (χ2n) is 7.42. The van der Waals surface area contributed by atoms with E-state index in [4.69, 9.17) is 4.74 Å². The molecule has 0 amide bonds. The van der Waals surface area contributed by atoms with E-state index in [1.807, 2.05) is 13.0 Å². The lowest BCUT2D eigenvalue weighted by Gasteiger charge is -2.14. The lowest BCUT2D eigenvalue weighted by molar-refractivity contribution is -0.136. The molecular formula is C20H38O2. The highest BCUT2D eigenvalue weighted by Gasteiger charge is 2.07. The number of rotatable bonds is 12. The number of carbonyl (C=O) groups excluding carboxylic acids is 1. The van der Waals surface area contributed by atoms with Crippen LogP contribution in [0.4, 0.5) is 0 Å². The van der Waals surface area contributed by atoms with Crippen molar-refractivity contribution in [2.24, 2.45) is 17.8 Å². The quantitative estimate of drug-likeness (QED) is 0.319. The summed E-state index contributed by atoms with van der Waals surface area (Å²) in [4.78, 5) is 11.3. The molecule has 0 rings (SSSR count). The molecule has 0 aliphatic carbocycles. The van der Waals surface area contributed by atoms with Crippen LogP contribution < -0.4 is 0 Å². The lowest BCUT2D eigenvalue weighted by atomic mass is 9.92. The largest absolute Gasteiger partial charge is 0.466 e. The van der Waals surface area contributed by atoms with Crippen molar-refractivity contribution in [3.05, 3.63) is 11.6 Å². The van der Waals surface area contributed by atoms with Crippen LogP contribution in [-0.2, 0) is 9.53 Å². The van der Waals surface area contributed by atoms with Crippen molar-refractivity contribution in [2.45, 2.75) is 86.0 Å². The Morgan fingerprint density at radius 1 is 0.909 bits per heavy atom. The molecule has 0 aliphatic heterocycles. The highest BCUT2D eigenvalue weighted by atomic mass is 16.5. The first-order valence-corrected chi connectivity index (χ1v) is 9.11. The van der Waals surface area contributed by atoms with Crippen LogP contribution in [0.15, 0.2) is 11.6 Å². The SMILES string of the molecule is COC(=O)/C(C)=C/CCC(C)CCCC(C)CCCC(C)C. The highest BCUT2D eigenvalue weighted by molar-refractivity contribution is 5.87. The summed E-state index contributed by atoms with van der Waals surface area (Å²) in [5.41, 5.74) is 0.730. The van der Waals surface area contributed by atoms with Crippen molar-refractivity contribution in [3.63, 3.8) is 0 Å². The molecule has 0 aromatic rings. The third-order valence-electron chi connectivity index (χ3n) is 4.49. The van der Waals surface area contributed by atoms with Crippen LogP contribution in [0, 0.1) is 17.8 Å². The fourth-order valence-electron chi connectivity index (χ4n) is 2.81. The average Bonchev–Trinajstić information content (AvgIpc) is 2.45. The molecule has 2 atom stereocenters. The summed E-state index contributed by atoms with van der Waals surface area (Å²) >= 11 is 0. The zero-order chi connectivity index (χ0) is 17.0. The molecule has 0 aromatic heterocycles. The number of esters is 1. The molecular weight excluding hydrogens is 272 g/mol. The van der Waals surface area contributed by atoms with E-state index in [0.29, 0.717) is 0 Å². The van der Waals surface area contributed by atoms with Crippen molar-refractivity contribution in [2.75, 3.05) is 7.11 Å². The number of carbonyl (C=O) groups is 1. The molecule has 22 heavy (non-hydrogen) atoms. The topological polar surface area (TPSA) is 26.3 Å². The monoisotopic (exact) mass is 310 g/mol. The van der Waals surface area contributed by atoms with Gasteiger partial charge in [-0.25, -0.2) is 4.79 Å². The summed E-state index contributed by atoms with van der Waals surface area (Å²) in [5, 5.41) is 0. The summed E-state index contributed by atoms with van der Waals surface area (Å²) in [6.07, 6.45) is 12.3. The summed E-state index contributed by atoms with van der Waals surface area (Å²) in [5.74, 6) is 2.24. The number of allylic oxidation sites excluding steroid dienone is 1. The molecule has 0 spiro atoms. The van der Waals surface area contributed by atoms with Gasteiger partial charge in [-0.05, 0) is 37.5 Å². The highest BCUT2D eigenvalue weighted by Crippen LogP contribution is 2.21. The molecule has 0 saturated heterocycles. The minimum atomic E-state index is -0.206. The van der Waals surface area contributed by atoms with Crippen LogP contribution in [0.5, 0.6) is 0 Å². The van der Waals surface area contributed by atoms with Crippen LogP contribution in [0.3, 0.4) is 0 Å². The van der Waals surface area contributed by atoms with Gasteiger partial charge in [-0.15, -0.1) is 0 Å². The van der Waals surface area contributed by atoms with E-state index < -0.39 is 0 Å². The van der Waals surface area contributed by atoms with E-state index in [1.54, 1.807) is 0 Å². The Kier molecular flexibility index (Phi) is 12.3. The maximum absolute atomic E-state index is 11.3. The number of ether oxygens (including phenoxy) is 1. The van der Waals surface area contributed by atoms with Gasteiger partial charge in [-0.2, -0.15) is 0 Å². The number of hydrogen-bond donors (Lipinski definition) is 0. The first kappa shape index (κ1) is 21.2. The van der Waals surface area contributed by atoms with E-state index >= 15 is 0 Å². The fraction of sp³-hybridized carbons (Fsp3) is 0.850. The van der Waals surface area contributed by atoms with Crippen molar-refractivity contribution < 1.29 is 9.53 Å². The molecule has 0 saturated carbocycles. The smallest absolute Gasteiger partial charge is 0.333 e. The predicted molar refractivity (Wildman–Crippen MR) is 95.9 cm³/mol. The van der Waals surface area contributed by atoms with Gasteiger partial charge in [0.2, 0.25) is 0 Å². The van der Waals surface area contributed by atoms with Gasteiger partial charge in [-0.1, -0.05) is 72.3 Å². The number of methoxy groups -OCH3 is 1. The fourth-order valence-corrected chi connectivity index (χ4v) is 2.81. The van der Waals surface area contributed by atoms with Gasteiger partial charge < -0.3 is 4.74 Å². The summed E-state index contributed by atoms with van der Waals surface area (Å²) in [7, 11) is 1.44. The molecule has 0 aromatic carbocycles. The molecule has 0 radical (unpaired) electrons. The summed E-state index contributed by atoms with van der Waals surface area (Å²) in [6, 6.07) is 0. The molecule has 0 heterocycles. The van der Waals surface area contributed by atoms with Gasteiger partial charge in [0.25, 0.3) is 0 Å². The van der Waals surface area contributed by atoms with Gasteiger partial charge in [-0.3, -0.25) is 0 Å². The third kappa shape index (κ3) is 11.8. The van der Waals surface area contributed by atoms with E-state index in [1.165, 1.54) is 45.6 Å². The maximum atomic E-state index is 11.3. The van der Waals surface area contributed by atoms with Crippen LogP contribution in [-0.4, -0.2) is 13.1 Å². The van der Waals surface area contributed by atoms with Gasteiger partial charge in [0.05, 0.1) is 7.11 Å². The van der Waals surface area contributed by atoms with E-state index in [0.717, 1.165) is 36.2 Å². The van der Waals surface area contributed by atoms with Crippen LogP contribution in [0.25, 0.3) is 0 Å². The average molecular weight is 311 g/mol. The standard InChI is InChI=1S/C20H38O2/c1-16(2)10-7-11-17(3)12-8-13-18(4)14-9-15-19(5)20(21)22-6/h15-18H,7-14H2,1-6H3/b19-15+. The molecule has 2 nitrogen and oxygen atoms in total. The Hall–Kier alpha value is -0.790. The van der Waals surface area contributed by atoms with Gasteiger partial charge in [0.1, 0.15) is 0 Å². The zero-order valence-electron chi connectivity index (χ0n) is 15.8. The molecule has 2 heteroatoms.